The summed E-state index contributed by atoms with van der Waals surface area (Å²) in [5, 5.41) is 3.95. The van der Waals surface area contributed by atoms with E-state index in [9.17, 15) is 9.59 Å². The summed E-state index contributed by atoms with van der Waals surface area (Å²) in [6.45, 7) is -0.0390. The average Bonchev–Trinajstić information content (AvgIpc) is 3.52. The Hall–Kier alpha value is -5.43. The van der Waals surface area contributed by atoms with Crippen LogP contribution in [0.4, 0.5) is 9.59 Å². The van der Waals surface area contributed by atoms with Crippen LogP contribution in [0.2, 0.25) is 0 Å². The lowest BCUT2D eigenvalue weighted by atomic mass is 10.2. The number of fused-ring (bicyclic) bond motifs is 6. The number of hydrogen-bond donors (Lipinski definition) is 0. The Morgan fingerprint density at radius 1 is 0.475 bits per heavy atom. The lowest BCUT2D eigenvalue weighted by molar-refractivity contribution is 0.139. The van der Waals surface area contributed by atoms with Crippen molar-refractivity contribution in [2.75, 3.05) is 0 Å². The molecular formula is C33H23N3O4. The minimum atomic E-state index is -0.484. The van der Waals surface area contributed by atoms with Crippen molar-refractivity contribution >= 4 is 55.8 Å². The zero-order valence-corrected chi connectivity index (χ0v) is 21.4. The highest BCUT2D eigenvalue weighted by atomic mass is 16.6. The maximum atomic E-state index is 13.2. The smallest absolute Gasteiger partial charge is 0.419 e. The molecule has 3 heterocycles. The summed E-state index contributed by atoms with van der Waals surface area (Å²) in [4.78, 5) is 30.9. The van der Waals surface area contributed by atoms with Crippen LogP contribution >= 0.6 is 0 Å². The number of aromatic nitrogens is 3. The Balaban J connectivity index is 1.08. The number of rotatable bonds is 4. The summed E-state index contributed by atoms with van der Waals surface area (Å²) in [6.07, 6.45) is -0.968. The minimum absolute atomic E-state index is 0.0195. The van der Waals surface area contributed by atoms with E-state index < -0.39 is 12.2 Å². The maximum absolute atomic E-state index is 13.2. The Morgan fingerprint density at radius 3 is 1.15 bits per heavy atom. The minimum Gasteiger partial charge on any atom is -0.442 e. The molecule has 0 N–H and O–H groups in total. The summed E-state index contributed by atoms with van der Waals surface area (Å²) in [7, 11) is 0. The van der Waals surface area contributed by atoms with E-state index >= 15 is 0 Å². The van der Waals surface area contributed by atoms with Crippen LogP contribution < -0.4 is 0 Å². The molecule has 0 radical (unpaired) electrons. The van der Waals surface area contributed by atoms with Crippen LogP contribution in [0.25, 0.3) is 43.6 Å². The van der Waals surface area contributed by atoms with Crippen molar-refractivity contribution in [2.45, 2.75) is 13.2 Å². The third-order valence-electron chi connectivity index (χ3n) is 7.08. The van der Waals surface area contributed by atoms with Crippen molar-refractivity contribution in [1.29, 1.82) is 0 Å². The van der Waals surface area contributed by atoms with Crippen LogP contribution in [0, 0.1) is 0 Å². The zero-order valence-electron chi connectivity index (χ0n) is 21.4. The van der Waals surface area contributed by atoms with Crippen LogP contribution in [0.15, 0.2) is 115 Å². The molecule has 0 atom stereocenters. The molecule has 3 aromatic heterocycles. The molecule has 7 nitrogen and oxygen atoms in total. The van der Waals surface area contributed by atoms with Crippen LogP contribution in [0.3, 0.4) is 0 Å². The molecule has 7 rings (SSSR count). The zero-order chi connectivity index (χ0) is 27.1. The second kappa shape index (κ2) is 9.71. The van der Waals surface area contributed by atoms with Gasteiger partial charge in [-0.15, -0.1) is 0 Å². The summed E-state index contributed by atoms with van der Waals surface area (Å²) >= 11 is 0. The lowest BCUT2D eigenvalue weighted by Crippen LogP contribution is -2.15. The molecule has 7 heteroatoms. The fourth-order valence-corrected chi connectivity index (χ4v) is 5.33. The van der Waals surface area contributed by atoms with E-state index in [0.717, 1.165) is 43.6 Å². The fourth-order valence-electron chi connectivity index (χ4n) is 5.33. The first-order chi connectivity index (χ1) is 19.7. The van der Waals surface area contributed by atoms with Crippen molar-refractivity contribution in [1.82, 2.24) is 14.1 Å². The maximum Gasteiger partial charge on any atom is 0.419 e. The van der Waals surface area contributed by atoms with E-state index in [1.807, 2.05) is 97.1 Å². The van der Waals surface area contributed by atoms with Crippen LogP contribution in [0.1, 0.15) is 11.4 Å². The fraction of sp³-hybridized carbons (Fsp3) is 0.0606. The van der Waals surface area contributed by atoms with Gasteiger partial charge in [0.1, 0.15) is 13.2 Å². The second-order valence-corrected chi connectivity index (χ2v) is 9.47. The monoisotopic (exact) mass is 525 g/mol. The highest BCUT2D eigenvalue weighted by molar-refractivity contribution is 6.13. The highest BCUT2D eigenvalue weighted by Gasteiger charge is 2.18. The summed E-state index contributed by atoms with van der Waals surface area (Å²) in [6, 6.07) is 36.4. The van der Waals surface area contributed by atoms with Gasteiger partial charge in [0.25, 0.3) is 0 Å². The number of para-hydroxylation sites is 4. The third-order valence-corrected chi connectivity index (χ3v) is 7.08. The molecule has 4 aromatic carbocycles. The lowest BCUT2D eigenvalue weighted by Gasteiger charge is -2.10. The van der Waals surface area contributed by atoms with Gasteiger partial charge in [0.05, 0.1) is 33.5 Å². The van der Waals surface area contributed by atoms with E-state index in [1.165, 1.54) is 0 Å². The van der Waals surface area contributed by atoms with Gasteiger partial charge >= 0.3 is 12.2 Å². The molecule has 0 saturated carbocycles. The normalized spacial score (nSPS) is 11.4. The predicted octanol–water partition coefficient (Wildman–Crippen LogP) is 7.67. The summed E-state index contributed by atoms with van der Waals surface area (Å²) in [5.41, 5.74) is 4.25. The van der Waals surface area contributed by atoms with Gasteiger partial charge in [-0.1, -0.05) is 78.9 Å². The van der Waals surface area contributed by atoms with Gasteiger partial charge in [-0.05, 0) is 36.4 Å². The van der Waals surface area contributed by atoms with Crippen molar-refractivity contribution in [3.8, 4) is 0 Å². The van der Waals surface area contributed by atoms with Crippen LogP contribution in [-0.4, -0.2) is 26.3 Å². The van der Waals surface area contributed by atoms with Gasteiger partial charge in [0.2, 0.25) is 0 Å². The van der Waals surface area contributed by atoms with E-state index in [0.29, 0.717) is 11.4 Å². The Kier molecular flexibility index (Phi) is 5.74. The van der Waals surface area contributed by atoms with Crippen molar-refractivity contribution < 1.29 is 19.1 Å². The number of carbonyl (C=O) groups excluding carboxylic acids is 2. The molecule has 7 aromatic rings. The number of ether oxygens (including phenoxy) is 2. The largest absolute Gasteiger partial charge is 0.442 e. The summed E-state index contributed by atoms with van der Waals surface area (Å²) in [5.74, 6) is 0. The first-order valence-corrected chi connectivity index (χ1v) is 12.9. The number of pyridine rings is 1. The van der Waals surface area contributed by atoms with Crippen LogP contribution in [-0.2, 0) is 22.7 Å². The molecule has 0 saturated heterocycles. The molecule has 0 amide bonds. The molecule has 0 aliphatic carbocycles. The quantitative estimate of drug-likeness (QED) is 0.236. The number of nitrogens with zero attached hydrogens (tertiary/aromatic N) is 3. The van der Waals surface area contributed by atoms with E-state index in [1.54, 1.807) is 27.3 Å². The Labute approximate surface area is 228 Å². The van der Waals surface area contributed by atoms with E-state index in [-0.39, 0.29) is 13.2 Å². The Bertz CT molecular complexity index is 1820. The number of carbonyl (C=O) groups is 2. The van der Waals surface area contributed by atoms with Gasteiger partial charge in [-0.3, -0.25) is 4.98 Å². The first kappa shape index (κ1) is 23.7. The van der Waals surface area contributed by atoms with Gasteiger partial charge in [0.15, 0.2) is 0 Å². The van der Waals surface area contributed by atoms with Crippen molar-refractivity contribution in [3.05, 3.63) is 127 Å². The van der Waals surface area contributed by atoms with Crippen molar-refractivity contribution in [3.63, 3.8) is 0 Å². The first-order valence-electron chi connectivity index (χ1n) is 12.9. The van der Waals surface area contributed by atoms with Gasteiger partial charge in [-0.2, -0.15) is 0 Å². The topological polar surface area (TPSA) is 75.3 Å². The SMILES string of the molecule is O=C(OCc1cccc(COC(=O)n2c3ccccc3c3ccccc32)n1)n1c2ccccc2c2ccccc21. The highest BCUT2D eigenvalue weighted by Crippen LogP contribution is 2.30. The van der Waals surface area contributed by atoms with Crippen molar-refractivity contribution in [2.24, 2.45) is 0 Å². The third kappa shape index (κ3) is 3.96. The van der Waals surface area contributed by atoms with E-state index in [2.05, 4.69) is 4.98 Å². The standard InChI is InChI=1S/C33H23N3O4/c37-32(35-28-16-5-1-12-24(28)25-13-2-6-17-29(25)35)39-20-22-10-9-11-23(34-22)21-40-33(38)36-30-18-7-3-14-26(30)27-15-4-8-19-31(27)36/h1-19H,20-21H2. The molecule has 0 fully saturated rings. The summed E-state index contributed by atoms with van der Waals surface area (Å²) < 4.78 is 14.5. The Morgan fingerprint density at radius 2 is 0.800 bits per heavy atom. The van der Waals surface area contributed by atoms with E-state index in [4.69, 9.17) is 9.47 Å². The molecule has 0 spiro atoms. The predicted molar refractivity (Wildman–Crippen MR) is 154 cm³/mol. The number of benzene rings is 4. The molecule has 0 aliphatic rings. The molecular weight excluding hydrogens is 502 g/mol. The van der Waals surface area contributed by atoms with Gasteiger partial charge in [-0.25, -0.2) is 18.7 Å². The molecule has 40 heavy (non-hydrogen) atoms. The number of hydrogen-bond acceptors (Lipinski definition) is 5. The molecule has 0 bridgehead atoms. The molecule has 0 unspecified atom stereocenters. The second-order valence-electron chi connectivity index (χ2n) is 9.47. The van der Waals surface area contributed by atoms with Gasteiger partial charge in [0, 0.05) is 21.5 Å². The van der Waals surface area contributed by atoms with Gasteiger partial charge < -0.3 is 9.47 Å². The molecule has 194 valence electrons. The van der Waals surface area contributed by atoms with Crippen LogP contribution in [0.5, 0.6) is 0 Å². The molecule has 0 aliphatic heterocycles. The average molecular weight is 526 g/mol.